The fourth-order valence-corrected chi connectivity index (χ4v) is 1.61. The van der Waals surface area contributed by atoms with Crippen molar-refractivity contribution in [2.45, 2.75) is 39.5 Å². The first kappa shape index (κ1) is 15.4. The Labute approximate surface area is 103 Å². The van der Waals surface area contributed by atoms with E-state index in [1.165, 1.54) is 11.1 Å². The minimum atomic E-state index is 0.194. The zero-order chi connectivity index (χ0) is 13.4. The van der Waals surface area contributed by atoms with Gasteiger partial charge in [-0.3, -0.25) is 9.59 Å². The number of carbonyl (C=O) groups is 2. The quantitative estimate of drug-likeness (QED) is 0.498. The summed E-state index contributed by atoms with van der Waals surface area (Å²) in [4.78, 5) is 17.6. The van der Waals surface area contributed by atoms with Crippen molar-refractivity contribution in [3.05, 3.63) is 29.3 Å². The number of hydrogen-bond acceptors (Lipinski definition) is 3. The fourth-order valence-electron chi connectivity index (χ4n) is 1.61. The van der Waals surface area contributed by atoms with E-state index in [0.29, 0.717) is 11.8 Å². The van der Waals surface area contributed by atoms with Crippen LogP contribution in [0, 0.1) is 0 Å². The van der Waals surface area contributed by atoms with E-state index in [-0.39, 0.29) is 12.6 Å². The Kier molecular flexibility index (Phi) is 6.87. The molecule has 2 N–H and O–H groups in total. The maximum absolute atomic E-state index is 8.81. The van der Waals surface area contributed by atoms with Crippen molar-refractivity contribution in [1.82, 2.24) is 0 Å². The van der Waals surface area contributed by atoms with Gasteiger partial charge in [0.1, 0.15) is 0 Å². The summed E-state index contributed by atoms with van der Waals surface area (Å²) >= 11 is 0. The van der Waals surface area contributed by atoms with Crippen LogP contribution in [0.5, 0.6) is 0 Å². The second-order valence-corrected chi connectivity index (χ2v) is 4.43. The SMILES string of the molecule is CC(C)c1cccc(C(C)C)c1N.O=CC=O. The van der Waals surface area contributed by atoms with Gasteiger partial charge in [0.05, 0.1) is 0 Å². The topological polar surface area (TPSA) is 60.2 Å². The van der Waals surface area contributed by atoms with Crippen LogP contribution in [0.2, 0.25) is 0 Å². The molecule has 0 amide bonds. The molecule has 0 unspecified atom stereocenters. The Morgan fingerprint density at radius 3 is 1.53 bits per heavy atom. The van der Waals surface area contributed by atoms with Crippen molar-refractivity contribution in [2.75, 3.05) is 5.73 Å². The Balaban J connectivity index is 0.000000557. The third-order valence-corrected chi connectivity index (χ3v) is 2.47. The second kappa shape index (κ2) is 7.60. The number of nitrogens with two attached hydrogens (primary N) is 1. The van der Waals surface area contributed by atoms with Gasteiger partial charge in [-0.05, 0) is 23.0 Å². The van der Waals surface area contributed by atoms with Gasteiger partial charge in [0.2, 0.25) is 0 Å². The van der Waals surface area contributed by atoms with Crippen LogP contribution in [0.4, 0.5) is 5.69 Å². The molecule has 0 fully saturated rings. The average molecular weight is 235 g/mol. The van der Waals surface area contributed by atoms with E-state index < -0.39 is 0 Å². The van der Waals surface area contributed by atoms with Crippen molar-refractivity contribution in [2.24, 2.45) is 0 Å². The number of para-hydroxylation sites is 1. The molecule has 3 nitrogen and oxygen atoms in total. The van der Waals surface area contributed by atoms with E-state index in [0.717, 1.165) is 5.69 Å². The van der Waals surface area contributed by atoms with Gasteiger partial charge in [-0.25, -0.2) is 0 Å². The van der Waals surface area contributed by atoms with E-state index in [1.54, 1.807) is 0 Å². The van der Waals surface area contributed by atoms with Crippen molar-refractivity contribution in [1.29, 1.82) is 0 Å². The van der Waals surface area contributed by atoms with Crippen molar-refractivity contribution < 1.29 is 9.59 Å². The summed E-state index contributed by atoms with van der Waals surface area (Å²) in [5.41, 5.74) is 9.60. The molecule has 0 aliphatic carbocycles. The predicted molar refractivity (Wildman–Crippen MR) is 71.2 cm³/mol. The summed E-state index contributed by atoms with van der Waals surface area (Å²) in [6, 6.07) is 6.33. The van der Waals surface area contributed by atoms with Gasteiger partial charge in [0.15, 0.2) is 12.6 Å². The number of carbonyl (C=O) groups excluding carboxylic acids is 2. The first-order valence-electron chi connectivity index (χ1n) is 5.72. The predicted octanol–water partition coefficient (Wildman–Crippen LogP) is 2.90. The van der Waals surface area contributed by atoms with Gasteiger partial charge in [-0.1, -0.05) is 45.9 Å². The zero-order valence-corrected chi connectivity index (χ0v) is 10.9. The van der Waals surface area contributed by atoms with E-state index in [2.05, 4.69) is 45.9 Å². The number of hydrogen-bond donors (Lipinski definition) is 1. The maximum Gasteiger partial charge on any atom is 0.182 e. The highest BCUT2D eigenvalue weighted by Gasteiger charge is 2.09. The molecule has 1 aromatic rings. The molecule has 0 saturated heterocycles. The van der Waals surface area contributed by atoms with E-state index in [4.69, 9.17) is 15.3 Å². The van der Waals surface area contributed by atoms with Crippen LogP contribution in [-0.4, -0.2) is 12.6 Å². The van der Waals surface area contributed by atoms with Gasteiger partial charge in [-0.2, -0.15) is 0 Å². The average Bonchev–Trinajstić information content (AvgIpc) is 2.29. The van der Waals surface area contributed by atoms with Crippen molar-refractivity contribution >= 4 is 18.3 Å². The first-order valence-corrected chi connectivity index (χ1v) is 5.72. The molecule has 0 saturated carbocycles. The summed E-state index contributed by atoms with van der Waals surface area (Å²) in [7, 11) is 0. The van der Waals surface area contributed by atoms with Crippen LogP contribution in [0.3, 0.4) is 0 Å². The van der Waals surface area contributed by atoms with E-state index in [1.807, 2.05) is 0 Å². The largest absolute Gasteiger partial charge is 0.398 e. The molecule has 0 radical (unpaired) electrons. The third-order valence-electron chi connectivity index (χ3n) is 2.47. The monoisotopic (exact) mass is 235 g/mol. The molecule has 0 heterocycles. The highest BCUT2D eigenvalue weighted by molar-refractivity contribution is 6.09. The Morgan fingerprint density at radius 2 is 1.29 bits per heavy atom. The lowest BCUT2D eigenvalue weighted by atomic mass is 9.93. The van der Waals surface area contributed by atoms with Crippen LogP contribution in [0.25, 0.3) is 0 Å². The highest BCUT2D eigenvalue weighted by Crippen LogP contribution is 2.29. The number of benzene rings is 1. The molecular weight excluding hydrogens is 214 g/mol. The summed E-state index contributed by atoms with van der Waals surface area (Å²) in [6.45, 7) is 8.71. The highest BCUT2D eigenvalue weighted by atomic mass is 16.2. The Bertz CT molecular complexity index is 338. The van der Waals surface area contributed by atoms with Crippen molar-refractivity contribution in [3.63, 3.8) is 0 Å². The smallest absolute Gasteiger partial charge is 0.182 e. The molecule has 1 aromatic carbocycles. The van der Waals surface area contributed by atoms with Crippen LogP contribution >= 0.6 is 0 Å². The minimum Gasteiger partial charge on any atom is -0.398 e. The molecule has 0 bridgehead atoms. The molecule has 0 aliphatic heterocycles. The Morgan fingerprint density at radius 1 is 0.941 bits per heavy atom. The van der Waals surface area contributed by atoms with Gasteiger partial charge >= 0.3 is 0 Å². The summed E-state index contributed by atoms with van der Waals surface area (Å²) in [5.74, 6) is 1.03. The molecule has 17 heavy (non-hydrogen) atoms. The lowest BCUT2D eigenvalue weighted by molar-refractivity contribution is -0.122. The number of nitrogen functional groups attached to an aromatic ring is 1. The number of rotatable bonds is 3. The molecule has 0 spiro atoms. The van der Waals surface area contributed by atoms with Crippen LogP contribution in [0.15, 0.2) is 18.2 Å². The van der Waals surface area contributed by atoms with E-state index in [9.17, 15) is 0 Å². The molecule has 0 aliphatic rings. The van der Waals surface area contributed by atoms with Crippen molar-refractivity contribution in [3.8, 4) is 0 Å². The summed E-state index contributed by atoms with van der Waals surface area (Å²) < 4.78 is 0. The van der Waals surface area contributed by atoms with Gasteiger partial charge in [-0.15, -0.1) is 0 Å². The standard InChI is InChI=1S/C12H19N.C2H2O2/c1-8(2)10-6-5-7-11(9(3)4)12(10)13;3-1-2-4/h5-9H,13H2,1-4H3;1-2H. The Hall–Kier alpha value is -1.64. The molecule has 94 valence electrons. The fraction of sp³-hybridized carbons (Fsp3) is 0.429. The second-order valence-electron chi connectivity index (χ2n) is 4.43. The van der Waals surface area contributed by atoms with Crippen LogP contribution in [0.1, 0.15) is 50.7 Å². The third kappa shape index (κ3) is 4.81. The molecule has 3 heteroatoms. The van der Waals surface area contributed by atoms with Crippen LogP contribution in [-0.2, 0) is 9.59 Å². The summed E-state index contributed by atoms with van der Waals surface area (Å²) in [5, 5.41) is 0. The normalized spacial score (nSPS) is 9.76. The lowest BCUT2D eigenvalue weighted by Gasteiger charge is -2.15. The van der Waals surface area contributed by atoms with Gasteiger partial charge in [0, 0.05) is 5.69 Å². The molecular formula is C14H21NO2. The van der Waals surface area contributed by atoms with E-state index >= 15 is 0 Å². The maximum atomic E-state index is 8.81. The minimum absolute atomic E-state index is 0.194. The first-order chi connectivity index (χ1) is 7.95. The van der Waals surface area contributed by atoms with Gasteiger partial charge < -0.3 is 5.73 Å². The number of aldehydes is 2. The van der Waals surface area contributed by atoms with Gasteiger partial charge in [0.25, 0.3) is 0 Å². The lowest BCUT2D eigenvalue weighted by Crippen LogP contribution is -2.02. The molecule has 0 atom stereocenters. The number of anilines is 1. The summed E-state index contributed by atoms with van der Waals surface area (Å²) in [6.07, 6.45) is 0.389. The van der Waals surface area contributed by atoms with Crippen LogP contribution < -0.4 is 5.73 Å². The molecule has 0 aromatic heterocycles. The molecule has 1 rings (SSSR count). The zero-order valence-electron chi connectivity index (χ0n) is 10.9.